The molecule has 0 bridgehead atoms. The molecule has 0 spiro atoms. The highest BCUT2D eigenvalue weighted by molar-refractivity contribution is 6.12. The molecule has 2 N–H and O–H groups in total. The smallest absolute Gasteiger partial charge is 0.203 e. The molecule has 0 aliphatic heterocycles. The maximum atomic E-state index is 13.2. The lowest BCUT2D eigenvalue weighted by Gasteiger charge is -2.16. The van der Waals surface area contributed by atoms with Crippen molar-refractivity contribution in [1.82, 2.24) is 0 Å². The molecule has 0 amide bonds. The van der Waals surface area contributed by atoms with E-state index in [1.807, 2.05) is 32.9 Å². The molecule has 0 aromatic heterocycles. The summed E-state index contributed by atoms with van der Waals surface area (Å²) in [6.07, 6.45) is 1.82. The Labute approximate surface area is 172 Å². The summed E-state index contributed by atoms with van der Waals surface area (Å²) >= 11 is 0. The van der Waals surface area contributed by atoms with Crippen LogP contribution in [0.25, 0.3) is 6.08 Å². The number of rotatable bonds is 9. The van der Waals surface area contributed by atoms with Gasteiger partial charge in [-0.25, -0.2) is 0 Å². The topological polar surface area (TPSA) is 80.0 Å². The van der Waals surface area contributed by atoms with Crippen molar-refractivity contribution in [1.29, 1.82) is 0 Å². The van der Waals surface area contributed by atoms with Crippen LogP contribution in [0.2, 0.25) is 0 Å². The zero-order valence-electron chi connectivity index (χ0n) is 17.9. The second-order valence-electron chi connectivity index (χ2n) is 6.69. The molecule has 0 atom stereocenters. The molecule has 0 aliphatic carbocycles. The fourth-order valence-corrected chi connectivity index (χ4v) is 3.04. The van der Waals surface area contributed by atoms with E-state index in [2.05, 4.69) is 0 Å². The molecule has 0 saturated heterocycles. The van der Waals surface area contributed by atoms with Gasteiger partial charge in [0.05, 0.1) is 33.6 Å². The van der Waals surface area contributed by atoms with Gasteiger partial charge in [-0.05, 0) is 49.2 Å². The number of nitrogen functional groups attached to an aromatic ring is 1. The van der Waals surface area contributed by atoms with E-state index in [4.69, 9.17) is 24.7 Å². The second-order valence-corrected chi connectivity index (χ2v) is 6.69. The van der Waals surface area contributed by atoms with Gasteiger partial charge in [0, 0.05) is 16.7 Å². The lowest BCUT2D eigenvalue weighted by atomic mass is 9.92. The van der Waals surface area contributed by atoms with Crippen LogP contribution in [0.15, 0.2) is 35.9 Å². The molecule has 0 saturated carbocycles. The Hall–Kier alpha value is -3.15. The van der Waals surface area contributed by atoms with Crippen LogP contribution < -0.4 is 24.7 Å². The van der Waals surface area contributed by atoms with Gasteiger partial charge in [-0.1, -0.05) is 13.8 Å². The van der Waals surface area contributed by atoms with Crippen molar-refractivity contribution in [3.05, 3.63) is 47.0 Å². The van der Waals surface area contributed by atoms with E-state index in [9.17, 15) is 4.79 Å². The molecule has 6 heteroatoms. The minimum atomic E-state index is -0.105. The van der Waals surface area contributed by atoms with Crippen LogP contribution in [0.5, 0.6) is 23.0 Å². The van der Waals surface area contributed by atoms with E-state index in [1.165, 1.54) is 0 Å². The molecule has 2 rings (SSSR count). The SMILES string of the molecule is CCOc1ccc(C(=O)/C(=C/c2ccc(OC)c(OC)c2OC)C(C)C)cc1N. The summed E-state index contributed by atoms with van der Waals surface area (Å²) in [5.41, 5.74) is 8.33. The first-order valence-corrected chi connectivity index (χ1v) is 9.45. The fraction of sp³-hybridized carbons (Fsp3) is 0.348. The zero-order valence-corrected chi connectivity index (χ0v) is 17.9. The second kappa shape index (κ2) is 9.87. The number of ether oxygens (including phenoxy) is 4. The number of methoxy groups -OCH3 is 3. The van der Waals surface area contributed by atoms with Crippen LogP contribution in [0, 0.1) is 5.92 Å². The number of hydrogen-bond acceptors (Lipinski definition) is 6. The van der Waals surface area contributed by atoms with E-state index in [-0.39, 0.29) is 11.7 Å². The van der Waals surface area contributed by atoms with Gasteiger partial charge in [0.15, 0.2) is 17.3 Å². The normalized spacial score (nSPS) is 11.3. The minimum Gasteiger partial charge on any atom is -0.493 e. The molecule has 2 aromatic rings. The van der Waals surface area contributed by atoms with Crippen molar-refractivity contribution >= 4 is 17.5 Å². The van der Waals surface area contributed by atoms with Gasteiger partial charge in [-0.3, -0.25) is 4.79 Å². The Balaban J connectivity index is 2.53. The number of carbonyl (C=O) groups is 1. The predicted octanol–water partition coefficient (Wildman–Crippen LogP) is 4.62. The quantitative estimate of drug-likeness (QED) is 0.377. The fourth-order valence-electron chi connectivity index (χ4n) is 3.04. The van der Waals surface area contributed by atoms with Crippen molar-refractivity contribution < 1.29 is 23.7 Å². The predicted molar refractivity (Wildman–Crippen MR) is 115 cm³/mol. The Morgan fingerprint density at radius 1 is 1.00 bits per heavy atom. The van der Waals surface area contributed by atoms with Crippen molar-refractivity contribution in [2.45, 2.75) is 20.8 Å². The van der Waals surface area contributed by atoms with E-state index in [1.54, 1.807) is 45.6 Å². The van der Waals surface area contributed by atoms with Crippen molar-refractivity contribution in [3.8, 4) is 23.0 Å². The summed E-state index contributed by atoms with van der Waals surface area (Å²) in [5.74, 6) is 1.98. The van der Waals surface area contributed by atoms with Gasteiger partial charge in [0.2, 0.25) is 5.75 Å². The molecule has 0 radical (unpaired) electrons. The molecule has 29 heavy (non-hydrogen) atoms. The Morgan fingerprint density at radius 3 is 2.17 bits per heavy atom. The van der Waals surface area contributed by atoms with E-state index < -0.39 is 0 Å². The number of nitrogens with two attached hydrogens (primary N) is 1. The van der Waals surface area contributed by atoms with Crippen LogP contribution in [0.3, 0.4) is 0 Å². The summed E-state index contributed by atoms with van der Waals surface area (Å²) in [6.45, 7) is 6.33. The van der Waals surface area contributed by atoms with Gasteiger partial charge in [-0.15, -0.1) is 0 Å². The van der Waals surface area contributed by atoms with Crippen LogP contribution in [0.4, 0.5) is 5.69 Å². The molecular weight excluding hydrogens is 370 g/mol. The standard InChI is InChI=1S/C23H29NO5/c1-7-29-19-10-8-15(13-18(19)24)21(25)17(14(2)3)12-16-9-11-20(26-4)23(28-6)22(16)27-5/h8-14H,7,24H2,1-6H3/b17-12+. The zero-order chi connectivity index (χ0) is 21.6. The maximum absolute atomic E-state index is 13.2. The monoisotopic (exact) mass is 399 g/mol. The van der Waals surface area contributed by atoms with Gasteiger partial charge in [0.1, 0.15) is 5.75 Å². The lowest BCUT2D eigenvalue weighted by molar-refractivity contribution is 0.102. The van der Waals surface area contributed by atoms with Gasteiger partial charge < -0.3 is 24.7 Å². The summed E-state index contributed by atoms with van der Waals surface area (Å²) in [6, 6.07) is 8.72. The summed E-state index contributed by atoms with van der Waals surface area (Å²) in [4.78, 5) is 13.2. The highest BCUT2D eigenvalue weighted by Crippen LogP contribution is 2.41. The average Bonchev–Trinajstić information content (AvgIpc) is 2.71. The Kier molecular flexibility index (Phi) is 7.53. The van der Waals surface area contributed by atoms with Gasteiger partial charge in [0.25, 0.3) is 0 Å². The number of ketones is 1. The van der Waals surface area contributed by atoms with E-state index in [0.29, 0.717) is 46.4 Å². The van der Waals surface area contributed by atoms with E-state index in [0.717, 1.165) is 5.56 Å². The molecule has 6 nitrogen and oxygen atoms in total. The number of Topliss-reactive ketones (excluding diaryl/α,β-unsaturated/α-hetero) is 1. The Bertz CT molecular complexity index is 902. The van der Waals surface area contributed by atoms with Crippen LogP contribution in [-0.4, -0.2) is 33.7 Å². The van der Waals surface area contributed by atoms with Crippen LogP contribution in [-0.2, 0) is 0 Å². The number of allylic oxidation sites excluding steroid dienone is 1. The highest BCUT2D eigenvalue weighted by Gasteiger charge is 2.20. The maximum Gasteiger partial charge on any atom is 0.203 e. The Morgan fingerprint density at radius 2 is 1.66 bits per heavy atom. The number of benzene rings is 2. The van der Waals surface area contributed by atoms with E-state index >= 15 is 0 Å². The summed E-state index contributed by atoms with van der Waals surface area (Å²) < 4.78 is 21.8. The van der Waals surface area contributed by atoms with Gasteiger partial charge in [-0.2, -0.15) is 0 Å². The minimum absolute atomic E-state index is 0.0203. The van der Waals surface area contributed by atoms with Crippen molar-refractivity contribution in [3.63, 3.8) is 0 Å². The molecule has 0 heterocycles. The molecule has 156 valence electrons. The highest BCUT2D eigenvalue weighted by atomic mass is 16.5. The molecule has 0 unspecified atom stereocenters. The van der Waals surface area contributed by atoms with Crippen LogP contribution >= 0.6 is 0 Å². The number of hydrogen-bond donors (Lipinski definition) is 1. The van der Waals surface area contributed by atoms with Gasteiger partial charge >= 0.3 is 0 Å². The third-order valence-electron chi connectivity index (χ3n) is 4.50. The number of carbonyl (C=O) groups excluding carboxylic acids is 1. The molecular formula is C23H29NO5. The third-order valence-corrected chi connectivity index (χ3v) is 4.50. The third kappa shape index (κ3) is 4.83. The first kappa shape index (κ1) is 22.1. The van der Waals surface area contributed by atoms with Crippen molar-refractivity contribution in [2.75, 3.05) is 33.7 Å². The van der Waals surface area contributed by atoms with Crippen molar-refractivity contribution in [2.24, 2.45) is 5.92 Å². The first-order chi connectivity index (χ1) is 13.9. The molecule has 0 aliphatic rings. The summed E-state index contributed by atoms with van der Waals surface area (Å²) in [7, 11) is 4.66. The number of anilines is 1. The largest absolute Gasteiger partial charge is 0.493 e. The summed E-state index contributed by atoms with van der Waals surface area (Å²) in [5, 5.41) is 0. The lowest BCUT2D eigenvalue weighted by Crippen LogP contribution is -2.10. The average molecular weight is 399 g/mol. The first-order valence-electron chi connectivity index (χ1n) is 9.45. The molecule has 0 fully saturated rings. The molecule has 2 aromatic carbocycles. The van der Waals surface area contributed by atoms with Crippen LogP contribution in [0.1, 0.15) is 36.7 Å².